The van der Waals surface area contributed by atoms with Crippen LogP contribution >= 0.6 is 0 Å². The van der Waals surface area contributed by atoms with Crippen LogP contribution in [-0.2, 0) is 4.79 Å². The van der Waals surface area contributed by atoms with Crippen molar-refractivity contribution in [2.45, 2.75) is 32.1 Å². The average molecular weight is 270 g/mol. The number of carbonyl (C=O) groups is 1. The lowest BCUT2D eigenvalue weighted by molar-refractivity contribution is -0.181. The van der Waals surface area contributed by atoms with Crippen LogP contribution < -0.4 is 5.32 Å². The summed E-state index contributed by atoms with van der Waals surface area (Å²) in [5.74, 6) is -6.31. The van der Waals surface area contributed by atoms with Crippen LogP contribution in [0.3, 0.4) is 0 Å². The molecule has 0 saturated carbocycles. The fourth-order valence-corrected chi connectivity index (χ4v) is 2.05. The van der Waals surface area contributed by atoms with Crippen molar-refractivity contribution in [3.8, 4) is 0 Å². The number of halogens is 4. The number of hydrogen-bond donors (Lipinski definition) is 1. The molecule has 0 radical (unpaired) electrons. The van der Waals surface area contributed by atoms with E-state index in [0.29, 0.717) is 6.54 Å². The van der Waals surface area contributed by atoms with Gasteiger partial charge in [0, 0.05) is 13.1 Å². The normalized spacial score (nSPS) is 21.1. The number of hydrogen-bond acceptors (Lipinski definition) is 2. The van der Waals surface area contributed by atoms with E-state index in [0.717, 1.165) is 24.3 Å². The molecule has 0 aromatic heterocycles. The highest BCUT2D eigenvalue weighted by atomic mass is 19.3. The predicted octanol–water partition coefficient (Wildman–Crippen LogP) is 1.73. The molecule has 1 heterocycles. The number of alkyl halides is 4. The second kappa shape index (κ2) is 6.36. The van der Waals surface area contributed by atoms with Gasteiger partial charge in [-0.3, -0.25) is 4.79 Å². The van der Waals surface area contributed by atoms with Gasteiger partial charge in [0.05, 0.1) is 0 Å². The van der Waals surface area contributed by atoms with Gasteiger partial charge in [-0.2, -0.15) is 8.78 Å². The van der Waals surface area contributed by atoms with Gasteiger partial charge in [0.2, 0.25) is 0 Å². The third-order valence-corrected chi connectivity index (χ3v) is 3.11. The highest BCUT2D eigenvalue weighted by molar-refractivity contribution is 5.84. The molecule has 106 valence electrons. The summed E-state index contributed by atoms with van der Waals surface area (Å²) >= 11 is 0. The molecule has 0 aliphatic carbocycles. The van der Waals surface area contributed by atoms with Gasteiger partial charge < -0.3 is 10.2 Å². The van der Waals surface area contributed by atoms with Gasteiger partial charge in [0.1, 0.15) is 0 Å². The Bertz CT molecular complexity index is 280. The molecule has 1 saturated heterocycles. The third kappa shape index (κ3) is 3.57. The molecular formula is C11H18F4N2O. The monoisotopic (exact) mass is 270 g/mol. The zero-order valence-corrected chi connectivity index (χ0v) is 10.3. The number of amides is 1. The van der Waals surface area contributed by atoms with E-state index in [9.17, 15) is 22.4 Å². The maximum absolute atomic E-state index is 13.0. The van der Waals surface area contributed by atoms with Crippen molar-refractivity contribution in [3.63, 3.8) is 0 Å². The molecule has 0 bridgehead atoms. The Hall–Kier alpha value is -0.850. The second-order valence-electron chi connectivity index (χ2n) is 4.48. The molecule has 0 spiro atoms. The minimum absolute atomic E-state index is 0.0116. The summed E-state index contributed by atoms with van der Waals surface area (Å²) in [5.41, 5.74) is 0. The largest absolute Gasteiger partial charge is 0.383 e. The number of piperidine rings is 1. The van der Waals surface area contributed by atoms with Crippen LogP contribution in [-0.4, -0.2) is 49.3 Å². The Morgan fingerprint density at radius 1 is 1.50 bits per heavy atom. The summed E-state index contributed by atoms with van der Waals surface area (Å²) in [7, 11) is 0. The van der Waals surface area contributed by atoms with Crippen LogP contribution in [0, 0.1) is 5.92 Å². The molecule has 0 aromatic carbocycles. The molecule has 1 rings (SSSR count). The first kappa shape index (κ1) is 15.2. The predicted molar refractivity (Wildman–Crippen MR) is 58.8 cm³/mol. The van der Waals surface area contributed by atoms with Gasteiger partial charge in [-0.15, -0.1) is 0 Å². The molecule has 18 heavy (non-hydrogen) atoms. The second-order valence-corrected chi connectivity index (χ2v) is 4.48. The van der Waals surface area contributed by atoms with Crippen LogP contribution in [0.5, 0.6) is 0 Å². The Balaban J connectivity index is 2.62. The fraction of sp³-hybridized carbons (Fsp3) is 0.909. The maximum atomic E-state index is 13.0. The van der Waals surface area contributed by atoms with E-state index in [-0.39, 0.29) is 19.0 Å². The van der Waals surface area contributed by atoms with E-state index < -0.39 is 18.3 Å². The van der Waals surface area contributed by atoms with E-state index in [1.807, 2.05) is 0 Å². The topological polar surface area (TPSA) is 32.3 Å². The van der Waals surface area contributed by atoms with Crippen molar-refractivity contribution in [2.75, 3.05) is 26.2 Å². The number of nitrogens with zero attached hydrogens (tertiary/aromatic N) is 1. The van der Waals surface area contributed by atoms with Crippen molar-refractivity contribution in [1.29, 1.82) is 0 Å². The van der Waals surface area contributed by atoms with Crippen molar-refractivity contribution in [2.24, 2.45) is 5.92 Å². The molecule has 1 aliphatic heterocycles. The van der Waals surface area contributed by atoms with Crippen LogP contribution in [0.1, 0.15) is 19.8 Å². The minimum atomic E-state index is -4.59. The lowest BCUT2D eigenvalue weighted by Gasteiger charge is -2.31. The molecule has 1 fully saturated rings. The summed E-state index contributed by atoms with van der Waals surface area (Å²) < 4.78 is 50.2. The van der Waals surface area contributed by atoms with Gasteiger partial charge in [0.25, 0.3) is 5.91 Å². The summed E-state index contributed by atoms with van der Waals surface area (Å²) in [6.07, 6.45) is -2.23. The summed E-state index contributed by atoms with van der Waals surface area (Å²) in [6.45, 7) is 3.12. The van der Waals surface area contributed by atoms with E-state index >= 15 is 0 Å². The highest BCUT2D eigenvalue weighted by Gasteiger charge is 2.51. The standard InChI is InChI=1S/C11H18F4N2O/c1-2-17(7-8-4-3-5-16-6-8)10(18)11(14,15)9(12)13/h8-9,16H,2-7H2,1H3. The van der Waals surface area contributed by atoms with Gasteiger partial charge >= 0.3 is 12.3 Å². The molecule has 1 unspecified atom stereocenters. The smallest absolute Gasteiger partial charge is 0.337 e. The first-order valence-electron chi connectivity index (χ1n) is 6.05. The van der Waals surface area contributed by atoms with Crippen molar-refractivity contribution >= 4 is 5.91 Å². The summed E-state index contributed by atoms with van der Waals surface area (Å²) in [6, 6.07) is 0. The average Bonchev–Trinajstić information content (AvgIpc) is 2.36. The third-order valence-electron chi connectivity index (χ3n) is 3.11. The molecule has 1 aliphatic rings. The van der Waals surface area contributed by atoms with E-state index in [2.05, 4.69) is 5.32 Å². The zero-order chi connectivity index (χ0) is 13.8. The zero-order valence-electron chi connectivity index (χ0n) is 10.3. The Morgan fingerprint density at radius 2 is 2.17 bits per heavy atom. The quantitative estimate of drug-likeness (QED) is 0.772. The fourth-order valence-electron chi connectivity index (χ4n) is 2.05. The molecule has 0 aromatic rings. The number of nitrogens with one attached hydrogen (secondary N) is 1. The van der Waals surface area contributed by atoms with Crippen LogP contribution in [0.2, 0.25) is 0 Å². The summed E-state index contributed by atoms with van der Waals surface area (Å²) in [5, 5.41) is 3.09. The highest BCUT2D eigenvalue weighted by Crippen LogP contribution is 2.26. The molecule has 3 nitrogen and oxygen atoms in total. The van der Waals surface area contributed by atoms with Crippen LogP contribution in [0.25, 0.3) is 0 Å². The first-order valence-corrected chi connectivity index (χ1v) is 6.05. The maximum Gasteiger partial charge on any atom is 0.383 e. The van der Waals surface area contributed by atoms with Crippen LogP contribution in [0.15, 0.2) is 0 Å². The van der Waals surface area contributed by atoms with E-state index in [1.54, 1.807) is 0 Å². The van der Waals surface area contributed by atoms with Crippen LogP contribution in [0.4, 0.5) is 17.6 Å². The van der Waals surface area contributed by atoms with Gasteiger partial charge in [0.15, 0.2) is 0 Å². The minimum Gasteiger partial charge on any atom is -0.337 e. The Morgan fingerprint density at radius 3 is 2.61 bits per heavy atom. The van der Waals surface area contributed by atoms with Crippen molar-refractivity contribution in [3.05, 3.63) is 0 Å². The molecule has 1 atom stereocenters. The Kier molecular flexibility index (Phi) is 5.37. The van der Waals surface area contributed by atoms with Crippen molar-refractivity contribution < 1.29 is 22.4 Å². The Labute approximate surface area is 104 Å². The first-order chi connectivity index (χ1) is 8.39. The molecular weight excluding hydrogens is 252 g/mol. The number of rotatable bonds is 5. The van der Waals surface area contributed by atoms with E-state index in [1.165, 1.54) is 6.92 Å². The molecule has 1 N–H and O–H groups in total. The van der Waals surface area contributed by atoms with Gasteiger partial charge in [-0.25, -0.2) is 8.78 Å². The van der Waals surface area contributed by atoms with E-state index in [4.69, 9.17) is 0 Å². The van der Waals surface area contributed by atoms with Gasteiger partial charge in [-0.1, -0.05) is 0 Å². The molecule has 7 heteroatoms. The summed E-state index contributed by atoms with van der Waals surface area (Å²) in [4.78, 5) is 12.2. The molecule has 1 amide bonds. The van der Waals surface area contributed by atoms with Gasteiger partial charge in [-0.05, 0) is 38.8 Å². The SMILES string of the molecule is CCN(CC1CCCNC1)C(=O)C(F)(F)C(F)F. The lowest BCUT2D eigenvalue weighted by Crippen LogP contribution is -2.50. The lowest BCUT2D eigenvalue weighted by atomic mass is 9.99. The van der Waals surface area contributed by atoms with Crippen molar-refractivity contribution in [1.82, 2.24) is 10.2 Å². The number of carbonyl (C=O) groups excluding carboxylic acids is 1.